The molecule has 1 saturated heterocycles. The molecule has 8 heteroatoms. The van der Waals surface area contributed by atoms with Crippen molar-refractivity contribution in [1.82, 2.24) is 4.90 Å². The highest BCUT2D eigenvalue weighted by Gasteiger charge is 2.32. The second-order valence-electron chi connectivity index (χ2n) is 5.39. The molecule has 1 heterocycles. The summed E-state index contributed by atoms with van der Waals surface area (Å²) in [6.07, 6.45) is 1.64. The van der Waals surface area contributed by atoms with Crippen LogP contribution in [-0.2, 0) is 4.79 Å². The third kappa shape index (κ3) is 3.95. The smallest absolute Gasteiger partial charge is 0.270 e. The first-order valence-electron chi connectivity index (χ1n) is 7.78. The number of hydrogen-bond acceptors (Lipinski definition) is 5. The van der Waals surface area contributed by atoms with Gasteiger partial charge in [-0.2, -0.15) is 0 Å². The summed E-state index contributed by atoms with van der Waals surface area (Å²) >= 11 is 7.22. The Hall–Kier alpha value is -2.64. The van der Waals surface area contributed by atoms with Crippen molar-refractivity contribution in [3.63, 3.8) is 0 Å². The molecule has 0 saturated carbocycles. The molecular weight excluding hydrogens is 374 g/mol. The van der Waals surface area contributed by atoms with Crippen LogP contribution >= 0.6 is 23.4 Å². The second kappa shape index (κ2) is 7.72. The van der Waals surface area contributed by atoms with Crippen molar-refractivity contribution in [1.29, 1.82) is 0 Å². The average molecular weight is 388 g/mol. The summed E-state index contributed by atoms with van der Waals surface area (Å²) in [6.45, 7) is 2.33. The molecule has 0 spiro atoms. The molecule has 0 aliphatic carbocycles. The first-order chi connectivity index (χ1) is 12.5. The number of halogens is 1. The zero-order chi connectivity index (χ0) is 18.7. The van der Waals surface area contributed by atoms with E-state index in [2.05, 4.69) is 4.99 Å². The van der Waals surface area contributed by atoms with Gasteiger partial charge in [0.15, 0.2) is 5.17 Å². The molecule has 0 unspecified atom stereocenters. The Bertz CT molecular complexity index is 943. The third-order valence-electron chi connectivity index (χ3n) is 3.62. The number of hydrogen-bond donors (Lipinski definition) is 0. The zero-order valence-corrected chi connectivity index (χ0v) is 15.3. The van der Waals surface area contributed by atoms with Gasteiger partial charge in [-0.25, -0.2) is 4.99 Å². The van der Waals surface area contributed by atoms with E-state index in [9.17, 15) is 14.9 Å². The van der Waals surface area contributed by atoms with Crippen molar-refractivity contribution in [2.45, 2.75) is 6.92 Å². The molecule has 0 bridgehead atoms. The Morgan fingerprint density at radius 3 is 2.73 bits per heavy atom. The molecule has 26 heavy (non-hydrogen) atoms. The fraction of sp³-hybridized carbons (Fsp3) is 0.111. The number of nitro groups is 1. The summed E-state index contributed by atoms with van der Waals surface area (Å²) in [7, 11) is 0. The van der Waals surface area contributed by atoms with Gasteiger partial charge >= 0.3 is 0 Å². The summed E-state index contributed by atoms with van der Waals surface area (Å²) in [5.74, 6) is -0.176. The molecule has 0 N–H and O–H groups in total. The number of amides is 1. The van der Waals surface area contributed by atoms with Crippen molar-refractivity contribution < 1.29 is 9.72 Å². The highest BCUT2D eigenvalue weighted by Crippen LogP contribution is 2.34. The van der Waals surface area contributed by atoms with Crippen molar-refractivity contribution in [3.8, 4) is 0 Å². The number of nitrogens with zero attached hydrogens (tertiary/aromatic N) is 3. The van der Waals surface area contributed by atoms with Crippen LogP contribution in [0.1, 0.15) is 12.5 Å². The van der Waals surface area contributed by atoms with Crippen LogP contribution in [0.15, 0.2) is 58.4 Å². The lowest BCUT2D eigenvalue weighted by atomic mass is 10.2. The SMILES string of the molecule is CCN1C(=O)/C(=C\c2cccc([N+](=O)[O-])c2)SC1=Nc1cccc(Cl)c1. The Morgan fingerprint density at radius 2 is 2.04 bits per heavy atom. The quantitative estimate of drug-likeness (QED) is 0.426. The maximum Gasteiger partial charge on any atom is 0.270 e. The molecule has 2 aromatic rings. The molecule has 132 valence electrons. The topological polar surface area (TPSA) is 75.8 Å². The molecule has 2 aromatic carbocycles. The number of nitro benzene ring substituents is 1. The number of amidine groups is 1. The van der Waals surface area contributed by atoms with Crippen molar-refractivity contribution in [3.05, 3.63) is 74.1 Å². The predicted octanol–water partition coefficient (Wildman–Crippen LogP) is 4.87. The van der Waals surface area contributed by atoms with Crippen LogP contribution in [0.3, 0.4) is 0 Å². The van der Waals surface area contributed by atoms with Gasteiger partial charge in [0.2, 0.25) is 0 Å². The van der Waals surface area contributed by atoms with Crippen molar-refractivity contribution >= 4 is 51.9 Å². The largest absolute Gasteiger partial charge is 0.287 e. The Balaban J connectivity index is 1.94. The number of carbonyl (C=O) groups excluding carboxylic acids is 1. The Kier molecular flexibility index (Phi) is 5.39. The molecule has 0 radical (unpaired) electrons. The lowest BCUT2D eigenvalue weighted by molar-refractivity contribution is -0.384. The van der Waals surface area contributed by atoms with Gasteiger partial charge in [-0.05, 0) is 48.5 Å². The van der Waals surface area contributed by atoms with E-state index in [4.69, 9.17) is 11.6 Å². The van der Waals surface area contributed by atoms with Crippen LogP contribution in [0, 0.1) is 10.1 Å². The predicted molar refractivity (Wildman–Crippen MR) is 105 cm³/mol. The van der Waals surface area contributed by atoms with E-state index >= 15 is 0 Å². The second-order valence-corrected chi connectivity index (χ2v) is 6.83. The first-order valence-corrected chi connectivity index (χ1v) is 8.97. The van der Waals surface area contributed by atoms with E-state index in [1.54, 1.807) is 47.4 Å². The molecular formula is C18H14ClN3O3S. The minimum absolute atomic E-state index is 0.0186. The van der Waals surface area contributed by atoms with E-state index in [1.165, 1.54) is 23.9 Å². The number of carbonyl (C=O) groups is 1. The minimum atomic E-state index is -0.462. The molecule has 1 amide bonds. The highest BCUT2D eigenvalue weighted by atomic mass is 35.5. The summed E-state index contributed by atoms with van der Waals surface area (Å²) in [6, 6.07) is 13.2. The number of benzene rings is 2. The number of aliphatic imine (C=N–C) groups is 1. The number of likely N-dealkylation sites (N-methyl/N-ethyl adjacent to an activating group) is 1. The maximum atomic E-state index is 12.6. The van der Waals surface area contributed by atoms with E-state index in [0.29, 0.717) is 32.9 Å². The lowest BCUT2D eigenvalue weighted by Gasteiger charge is -2.11. The van der Waals surface area contributed by atoms with E-state index in [0.717, 1.165) is 0 Å². The molecule has 3 rings (SSSR count). The van der Waals surface area contributed by atoms with Gasteiger partial charge in [-0.15, -0.1) is 0 Å². The molecule has 0 atom stereocenters. The van der Waals surface area contributed by atoms with Crippen LogP contribution < -0.4 is 0 Å². The number of thioether (sulfide) groups is 1. The Labute approximate surface area is 159 Å². The monoisotopic (exact) mass is 387 g/mol. The van der Waals surface area contributed by atoms with Crippen molar-refractivity contribution in [2.75, 3.05) is 6.54 Å². The van der Waals surface area contributed by atoms with E-state index in [1.807, 2.05) is 6.92 Å². The van der Waals surface area contributed by atoms with Crippen LogP contribution in [0.2, 0.25) is 5.02 Å². The Morgan fingerprint density at radius 1 is 1.27 bits per heavy atom. The standard InChI is InChI=1S/C18H14ClN3O3S/c1-2-21-17(23)16(10-12-5-3-8-15(9-12)22(24)25)26-18(21)20-14-7-4-6-13(19)11-14/h3-11H,2H2,1H3/b16-10+,20-18?. The van der Waals surface area contributed by atoms with Gasteiger partial charge in [0.25, 0.3) is 11.6 Å². The van der Waals surface area contributed by atoms with Crippen LogP contribution in [0.4, 0.5) is 11.4 Å². The highest BCUT2D eigenvalue weighted by molar-refractivity contribution is 8.18. The van der Waals surface area contributed by atoms with Crippen LogP contribution in [-0.4, -0.2) is 27.4 Å². The number of non-ortho nitro benzene ring substituents is 1. The minimum Gasteiger partial charge on any atom is -0.287 e. The van der Waals surface area contributed by atoms with Gasteiger partial charge in [0, 0.05) is 23.7 Å². The summed E-state index contributed by atoms with van der Waals surface area (Å²) in [5.41, 5.74) is 1.23. The van der Waals surface area contributed by atoms with Gasteiger partial charge in [-0.1, -0.05) is 29.8 Å². The van der Waals surface area contributed by atoms with Gasteiger partial charge in [0.05, 0.1) is 15.5 Å². The zero-order valence-electron chi connectivity index (χ0n) is 13.8. The summed E-state index contributed by atoms with van der Waals surface area (Å²) < 4.78 is 0. The average Bonchev–Trinajstić information content (AvgIpc) is 2.89. The fourth-order valence-corrected chi connectivity index (χ4v) is 3.65. The molecule has 1 aliphatic rings. The van der Waals surface area contributed by atoms with Gasteiger partial charge < -0.3 is 0 Å². The molecule has 6 nitrogen and oxygen atoms in total. The maximum absolute atomic E-state index is 12.6. The van der Waals surface area contributed by atoms with E-state index < -0.39 is 4.92 Å². The van der Waals surface area contributed by atoms with Crippen LogP contribution in [0.25, 0.3) is 6.08 Å². The van der Waals surface area contributed by atoms with Gasteiger partial charge in [-0.3, -0.25) is 19.8 Å². The van der Waals surface area contributed by atoms with Crippen LogP contribution in [0.5, 0.6) is 0 Å². The normalized spacial score (nSPS) is 17.3. The molecule has 0 aromatic heterocycles. The molecule has 1 aliphatic heterocycles. The van der Waals surface area contributed by atoms with E-state index in [-0.39, 0.29) is 11.6 Å². The number of rotatable bonds is 4. The van der Waals surface area contributed by atoms with Crippen molar-refractivity contribution in [2.24, 2.45) is 4.99 Å². The summed E-state index contributed by atoms with van der Waals surface area (Å²) in [4.78, 5) is 29.6. The third-order valence-corrected chi connectivity index (χ3v) is 4.86. The summed E-state index contributed by atoms with van der Waals surface area (Å²) in [5, 5.41) is 12.0. The first kappa shape index (κ1) is 18.2. The molecule has 1 fully saturated rings. The van der Waals surface area contributed by atoms with Gasteiger partial charge in [0.1, 0.15) is 0 Å². The fourth-order valence-electron chi connectivity index (χ4n) is 2.41. The lowest BCUT2D eigenvalue weighted by Crippen LogP contribution is -2.28.